The van der Waals surface area contributed by atoms with Gasteiger partial charge in [0.05, 0.1) is 12.1 Å². The summed E-state index contributed by atoms with van der Waals surface area (Å²) in [4.78, 5) is 11.9. The van der Waals surface area contributed by atoms with Crippen LogP contribution in [0.2, 0.25) is 0 Å². The first-order valence-electron chi connectivity index (χ1n) is 7.57. The largest absolute Gasteiger partial charge is 0.445 e. The highest BCUT2D eigenvalue weighted by molar-refractivity contribution is 9.10. The van der Waals surface area contributed by atoms with E-state index in [0.29, 0.717) is 6.42 Å². The first kappa shape index (κ1) is 16.0. The van der Waals surface area contributed by atoms with Gasteiger partial charge in [0.2, 0.25) is 0 Å². The molecular formula is C18H18BrNO3. The summed E-state index contributed by atoms with van der Waals surface area (Å²) in [6.45, 7) is 0.221. The van der Waals surface area contributed by atoms with Gasteiger partial charge in [-0.05, 0) is 41.7 Å². The number of aliphatic hydroxyl groups is 1. The molecule has 0 saturated carbocycles. The van der Waals surface area contributed by atoms with E-state index in [1.807, 2.05) is 48.5 Å². The highest BCUT2D eigenvalue weighted by atomic mass is 79.9. The van der Waals surface area contributed by atoms with Crippen molar-refractivity contribution in [2.45, 2.75) is 31.6 Å². The van der Waals surface area contributed by atoms with E-state index in [1.165, 1.54) is 0 Å². The number of hydrogen-bond acceptors (Lipinski definition) is 3. The Hall–Kier alpha value is -1.85. The highest BCUT2D eigenvalue weighted by Crippen LogP contribution is 2.31. The van der Waals surface area contributed by atoms with Gasteiger partial charge in [0, 0.05) is 4.47 Å². The average molecular weight is 376 g/mol. The molecule has 4 nitrogen and oxygen atoms in total. The monoisotopic (exact) mass is 375 g/mol. The number of rotatable bonds is 3. The van der Waals surface area contributed by atoms with Crippen LogP contribution in [0.15, 0.2) is 53.0 Å². The third-order valence-corrected chi connectivity index (χ3v) is 4.54. The van der Waals surface area contributed by atoms with Gasteiger partial charge in [-0.15, -0.1) is 0 Å². The Balaban J connectivity index is 1.58. The zero-order chi connectivity index (χ0) is 16.2. The third-order valence-electron chi connectivity index (χ3n) is 4.05. The number of hydrogen-bond donors (Lipinski definition) is 2. The maximum Gasteiger partial charge on any atom is 0.407 e. The van der Waals surface area contributed by atoms with E-state index in [0.717, 1.165) is 27.6 Å². The van der Waals surface area contributed by atoms with Crippen LogP contribution in [0.3, 0.4) is 0 Å². The van der Waals surface area contributed by atoms with Crippen molar-refractivity contribution < 1.29 is 14.6 Å². The van der Waals surface area contributed by atoms with Crippen LogP contribution in [0.25, 0.3) is 0 Å². The lowest BCUT2D eigenvalue weighted by atomic mass is 9.86. The van der Waals surface area contributed by atoms with Crippen molar-refractivity contribution in [1.82, 2.24) is 5.32 Å². The van der Waals surface area contributed by atoms with E-state index in [-0.39, 0.29) is 12.6 Å². The molecular weight excluding hydrogens is 358 g/mol. The van der Waals surface area contributed by atoms with Crippen LogP contribution < -0.4 is 5.32 Å². The predicted molar refractivity (Wildman–Crippen MR) is 91.0 cm³/mol. The maximum atomic E-state index is 11.9. The van der Waals surface area contributed by atoms with Crippen LogP contribution in [0, 0.1) is 0 Å². The van der Waals surface area contributed by atoms with Gasteiger partial charge in [-0.25, -0.2) is 4.79 Å². The van der Waals surface area contributed by atoms with Crippen LogP contribution in [-0.4, -0.2) is 17.2 Å². The van der Waals surface area contributed by atoms with Crippen molar-refractivity contribution in [3.63, 3.8) is 0 Å². The Kier molecular flexibility index (Phi) is 4.98. The quantitative estimate of drug-likeness (QED) is 0.859. The molecule has 0 fully saturated rings. The van der Waals surface area contributed by atoms with E-state index in [2.05, 4.69) is 21.2 Å². The van der Waals surface area contributed by atoms with E-state index in [4.69, 9.17) is 4.74 Å². The molecule has 1 aliphatic rings. The number of amides is 1. The Morgan fingerprint density at radius 3 is 2.83 bits per heavy atom. The molecule has 1 aliphatic carbocycles. The molecule has 0 spiro atoms. The Morgan fingerprint density at radius 2 is 2.04 bits per heavy atom. The summed E-state index contributed by atoms with van der Waals surface area (Å²) in [5.41, 5.74) is 2.91. The summed E-state index contributed by atoms with van der Waals surface area (Å²) in [5, 5.41) is 13.2. The lowest BCUT2D eigenvalue weighted by Gasteiger charge is -2.30. The molecule has 0 bridgehead atoms. The van der Waals surface area contributed by atoms with Crippen molar-refractivity contribution in [2.24, 2.45) is 0 Å². The number of nitrogens with one attached hydrogen (secondary N) is 1. The summed E-state index contributed by atoms with van der Waals surface area (Å²) in [7, 11) is 0. The molecule has 2 atom stereocenters. The molecule has 2 N–H and O–H groups in total. The lowest BCUT2D eigenvalue weighted by molar-refractivity contribution is 0.0937. The molecule has 2 aromatic rings. The molecule has 3 rings (SSSR count). The number of aliphatic hydroxyl groups excluding tert-OH is 1. The average Bonchev–Trinajstić information content (AvgIpc) is 2.56. The summed E-state index contributed by atoms with van der Waals surface area (Å²) >= 11 is 3.44. The number of halogens is 1. The van der Waals surface area contributed by atoms with Crippen molar-refractivity contribution in [3.05, 3.63) is 69.7 Å². The fourth-order valence-electron chi connectivity index (χ4n) is 2.83. The molecule has 0 saturated heterocycles. The topological polar surface area (TPSA) is 58.6 Å². The van der Waals surface area contributed by atoms with Crippen molar-refractivity contribution >= 4 is 22.0 Å². The van der Waals surface area contributed by atoms with Crippen LogP contribution in [0.5, 0.6) is 0 Å². The summed E-state index contributed by atoms with van der Waals surface area (Å²) in [6, 6.07) is 15.0. The molecule has 0 aliphatic heterocycles. The zero-order valence-corrected chi connectivity index (χ0v) is 14.1. The molecule has 0 heterocycles. The molecule has 120 valence electrons. The Morgan fingerprint density at radius 1 is 1.26 bits per heavy atom. The van der Waals surface area contributed by atoms with Gasteiger partial charge in [-0.2, -0.15) is 0 Å². The van der Waals surface area contributed by atoms with E-state index in [9.17, 15) is 9.90 Å². The standard InChI is InChI=1S/C18H18BrNO3/c19-14-7-8-15-13(10-14)6-9-16(17(15)21)20-18(22)23-11-12-4-2-1-3-5-12/h1-5,7-8,10,16-17,21H,6,9,11H2,(H,20,22)/t16-,17-/m0/s1. The normalized spacial score (nSPS) is 19.7. The van der Waals surface area contributed by atoms with Gasteiger partial charge in [0.25, 0.3) is 0 Å². The van der Waals surface area contributed by atoms with Gasteiger partial charge in [-0.1, -0.05) is 52.3 Å². The minimum Gasteiger partial charge on any atom is -0.445 e. The smallest absolute Gasteiger partial charge is 0.407 e. The second-order valence-electron chi connectivity index (χ2n) is 5.64. The minimum atomic E-state index is -0.712. The van der Waals surface area contributed by atoms with Crippen molar-refractivity contribution in [3.8, 4) is 0 Å². The van der Waals surface area contributed by atoms with Gasteiger partial charge in [-0.3, -0.25) is 0 Å². The molecule has 1 amide bonds. The molecule has 5 heteroatoms. The third kappa shape index (κ3) is 3.92. The van der Waals surface area contributed by atoms with Crippen LogP contribution in [-0.2, 0) is 17.8 Å². The van der Waals surface area contributed by atoms with Crippen LogP contribution >= 0.6 is 15.9 Å². The van der Waals surface area contributed by atoms with Crippen molar-refractivity contribution in [1.29, 1.82) is 0 Å². The lowest BCUT2D eigenvalue weighted by Crippen LogP contribution is -2.42. The second kappa shape index (κ2) is 7.15. The van der Waals surface area contributed by atoms with Crippen molar-refractivity contribution in [2.75, 3.05) is 0 Å². The molecule has 2 aromatic carbocycles. The van der Waals surface area contributed by atoms with Gasteiger partial charge >= 0.3 is 6.09 Å². The summed E-state index contributed by atoms with van der Waals surface area (Å²) in [5.74, 6) is 0. The molecule has 0 radical (unpaired) electrons. The van der Waals surface area contributed by atoms with E-state index in [1.54, 1.807) is 0 Å². The number of alkyl carbamates (subject to hydrolysis) is 1. The fraction of sp³-hybridized carbons (Fsp3) is 0.278. The first-order chi connectivity index (χ1) is 11.1. The number of aryl methyl sites for hydroxylation is 1. The van der Waals surface area contributed by atoms with Gasteiger partial charge in [0.15, 0.2) is 0 Å². The minimum absolute atomic E-state index is 0.221. The number of ether oxygens (including phenoxy) is 1. The van der Waals surface area contributed by atoms with E-state index < -0.39 is 12.2 Å². The van der Waals surface area contributed by atoms with Gasteiger partial charge < -0.3 is 15.2 Å². The first-order valence-corrected chi connectivity index (χ1v) is 8.36. The number of fused-ring (bicyclic) bond motifs is 1. The maximum absolute atomic E-state index is 11.9. The SMILES string of the molecule is O=C(N[C@H]1CCc2cc(Br)ccc2[C@@H]1O)OCc1ccccc1. The Bertz CT molecular complexity index is 690. The van der Waals surface area contributed by atoms with E-state index >= 15 is 0 Å². The number of carbonyl (C=O) groups is 1. The summed E-state index contributed by atoms with van der Waals surface area (Å²) in [6.07, 6.45) is 0.287. The molecule has 0 unspecified atom stereocenters. The summed E-state index contributed by atoms with van der Waals surface area (Å²) < 4.78 is 6.21. The number of benzene rings is 2. The number of carbonyl (C=O) groups excluding carboxylic acids is 1. The predicted octanol–water partition coefficient (Wildman–Crippen LogP) is 3.72. The second-order valence-corrected chi connectivity index (χ2v) is 6.55. The van der Waals surface area contributed by atoms with Crippen LogP contribution in [0.4, 0.5) is 4.79 Å². The highest BCUT2D eigenvalue weighted by Gasteiger charge is 2.29. The molecule has 0 aromatic heterocycles. The van der Waals surface area contributed by atoms with Gasteiger partial charge in [0.1, 0.15) is 6.61 Å². The Labute approximate surface area is 143 Å². The zero-order valence-electron chi connectivity index (χ0n) is 12.5. The fourth-order valence-corrected chi connectivity index (χ4v) is 3.24. The molecule has 23 heavy (non-hydrogen) atoms. The van der Waals surface area contributed by atoms with Crippen LogP contribution in [0.1, 0.15) is 29.2 Å².